The van der Waals surface area contributed by atoms with E-state index in [1.807, 2.05) is 36.9 Å². The molecule has 2 amide bonds. The summed E-state index contributed by atoms with van der Waals surface area (Å²) in [5, 5.41) is 6.41. The largest absolute Gasteiger partial charge is 0.497 e. The molecule has 0 spiro atoms. The minimum atomic E-state index is -0.768. The highest BCUT2D eigenvalue weighted by Crippen LogP contribution is 2.37. The number of hydrogen-bond donors (Lipinski definition) is 0. The van der Waals surface area contributed by atoms with E-state index < -0.39 is 5.41 Å². The minimum absolute atomic E-state index is 0.0105. The Kier molecular flexibility index (Phi) is 6.50. The van der Waals surface area contributed by atoms with E-state index in [1.54, 1.807) is 50.6 Å². The van der Waals surface area contributed by atoms with Crippen molar-refractivity contribution in [1.29, 1.82) is 0 Å². The lowest BCUT2D eigenvalue weighted by molar-refractivity contribution is -0.137. The Labute approximate surface area is 200 Å². The second kappa shape index (κ2) is 9.37. The number of benzene rings is 2. The molecular weight excluding hydrogens is 434 g/mol. The first-order valence-corrected chi connectivity index (χ1v) is 11.4. The van der Waals surface area contributed by atoms with Crippen LogP contribution in [-0.2, 0) is 4.79 Å². The van der Waals surface area contributed by atoms with Crippen molar-refractivity contribution in [2.45, 2.75) is 32.7 Å². The topological polar surface area (TPSA) is 80.7 Å². The Balaban J connectivity index is 1.49. The first kappa shape index (κ1) is 23.6. The van der Waals surface area contributed by atoms with Crippen molar-refractivity contribution in [1.82, 2.24) is 9.91 Å². The van der Waals surface area contributed by atoms with Crippen molar-refractivity contribution in [2.75, 3.05) is 34.4 Å². The molecule has 0 aliphatic carbocycles. The van der Waals surface area contributed by atoms with E-state index in [2.05, 4.69) is 0 Å². The molecule has 1 fully saturated rings. The summed E-state index contributed by atoms with van der Waals surface area (Å²) in [4.78, 5) is 28.1. The van der Waals surface area contributed by atoms with E-state index >= 15 is 0 Å². The van der Waals surface area contributed by atoms with E-state index in [1.165, 1.54) is 0 Å². The second-order valence-corrected chi connectivity index (χ2v) is 9.04. The monoisotopic (exact) mass is 465 g/mol. The van der Waals surface area contributed by atoms with Gasteiger partial charge in [-0.25, -0.2) is 5.01 Å². The number of carbonyl (C=O) groups is 2. The number of amides is 2. The van der Waals surface area contributed by atoms with Crippen LogP contribution < -0.4 is 14.2 Å². The zero-order chi connectivity index (χ0) is 24.5. The highest BCUT2D eigenvalue weighted by atomic mass is 16.5. The summed E-state index contributed by atoms with van der Waals surface area (Å²) in [7, 11) is 4.77. The number of rotatable bonds is 6. The fraction of sp³-hybridized carbons (Fsp3) is 0.423. The van der Waals surface area contributed by atoms with Gasteiger partial charge in [-0.2, -0.15) is 5.10 Å². The maximum Gasteiger partial charge on any atom is 0.254 e. The molecule has 0 N–H and O–H groups in total. The van der Waals surface area contributed by atoms with Crippen molar-refractivity contribution in [3.8, 4) is 17.2 Å². The Morgan fingerprint density at radius 3 is 2.18 bits per heavy atom. The van der Waals surface area contributed by atoms with Crippen LogP contribution >= 0.6 is 0 Å². The lowest BCUT2D eigenvalue weighted by Crippen LogP contribution is -2.47. The average Bonchev–Trinajstić information content (AvgIpc) is 3.11. The number of ether oxygens (including phenoxy) is 3. The molecule has 0 unspecified atom stereocenters. The summed E-state index contributed by atoms with van der Waals surface area (Å²) < 4.78 is 15.9. The summed E-state index contributed by atoms with van der Waals surface area (Å²) >= 11 is 0. The van der Waals surface area contributed by atoms with E-state index in [0.29, 0.717) is 54.5 Å². The molecule has 2 heterocycles. The van der Waals surface area contributed by atoms with Gasteiger partial charge in [-0.15, -0.1) is 0 Å². The molecular formula is C26H31N3O5. The van der Waals surface area contributed by atoms with Crippen LogP contribution in [0.25, 0.3) is 0 Å². The van der Waals surface area contributed by atoms with Crippen molar-refractivity contribution >= 4 is 17.5 Å². The maximum atomic E-state index is 13.3. The molecule has 4 rings (SSSR count). The molecule has 0 saturated carbocycles. The average molecular weight is 466 g/mol. The molecule has 8 heteroatoms. The summed E-state index contributed by atoms with van der Waals surface area (Å²) in [5.74, 6) is 1.89. The van der Waals surface area contributed by atoms with Crippen LogP contribution in [0.2, 0.25) is 0 Å². The SMILES string of the molecule is COc1ccc(C(=O)N2CCC(N3N=C(c4ccc(OC)c(OC)c4)C(C)(C)C3=O)CC2)cc1. The number of likely N-dealkylation sites (tertiary alicyclic amines) is 1. The summed E-state index contributed by atoms with van der Waals surface area (Å²) in [5.41, 5.74) is 1.39. The fourth-order valence-electron chi connectivity index (χ4n) is 4.55. The number of hydrogen-bond acceptors (Lipinski definition) is 6. The number of nitrogens with zero attached hydrogens (tertiary/aromatic N) is 3. The zero-order valence-corrected chi connectivity index (χ0v) is 20.3. The second-order valence-electron chi connectivity index (χ2n) is 9.04. The van der Waals surface area contributed by atoms with Crippen LogP contribution in [0.5, 0.6) is 17.2 Å². The highest BCUT2D eigenvalue weighted by Gasteiger charge is 2.47. The molecule has 2 aliphatic heterocycles. The fourth-order valence-corrected chi connectivity index (χ4v) is 4.55. The molecule has 8 nitrogen and oxygen atoms in total. The quantitative estimate of drug-likeness (QED) is 0.651. The molecule has 2 aromatic carbocycles. The normalized spacial score (nSPS) is 18.0. The maximum absolute atomic E-state index is 13.3. The van der Waals surface area contributed by atoms with Gasteiger partial charge in [0.2, 0.25) is 0 Å². The first-order valence-electron chi connectivity index (χ1n) is 11.4. The number of hydrazone groups is 1. The van der Waals surface area contributed by atoms with Gasteiger partial charge in [0.05, 0.1) is 38.5 Å². The van der Waals surface area contributed by atoms with Gasteiger partial charge in [0, 0.05) is 24.2 Å². The van der Waals surface area contributed by atoms with Gasteiger partial charge in [-0.05, 0) is 69.2 Å². The third-order valence-electron chi connectivity index (χ3n) is 6.63. The van der Waals surface area contributed by atoms with Gasteiger partial charge in [-0.1, -0.05) is 0 Å². The predicted octanol–water partition coefficient (Wildman–Crippen LogP) is 3.59. The van der Waals surface area contributed by atoms with Crippen molar-refractivity contribution < 1.29 is 23.8 Å². The van der Waals surface area contributed by atoms with Gasteiger partial charge in [0.15, 0.2) is 11.5 Å². The number of methoxy groups -OCH3 is 3. The molecule has 2 aromatic rings. The predicted molar refractivity (Wildman–Crippen MR) is 129 cm³/mol. The molecule has 180 valence electrons. The molecule has 0 atom stereocenters. The first-order chi connectivity index (χ1) is 16.3. The van der Waals surface area contributed by atoms with E-state index in [9.17, 15) is 9.59 Å². The molecule has 34 heavy (non-hydrogen) atoms. The van der Waals surface area contributed by atoms with Gasteiger partial charge < -0.3 is 19.1 Å². The van der Waals surface area contributed by atoms with Gasteiger partial charge >= 0.3 is 0 Å². The van der Waals surface area contributed by atoms with Crippen LogP contribution in [0.15, 0.2) is 47.6 Å². The Morgan fingerprint density at radius 2 is 1.59 bits per heavy atom. The van der Waals surface area contributed by atoms with Crippen molar-refractivity contribution in [3.05, 3.63) is 53.6 Å². The smallest absolute Gasteiger partial charge is 0.254 e. The van der Waals surface area contributed by atoms with E-state index in [-0.39, 0.29) is 17.9 Å². The standard InChI is InChI=1S/C26H31N3O5/c1-26(2)23(18-8-11-21(33-4)22(16-18)34-5)27-29(25(26)31)19-12-14-28(15-13-19)24(30)17-6-9-20(32-3)10-7-17/h6-11,16,19H,12-15H2,1-5H3. The lowest BCUT2D eigenvalue weighted by Gasteiger charge is -2.35. The van der Waals surface area contributed by atoms with Crippen LogP contribution in [0.1, 0.15) is 42.6 Å². The van der Waals surface area contributed by atoms with Gasteiger partial charge in [0.1, 0.15) is 5.75 Å². The van der Waals surface area contributed by atoms with E-state index in [0.717, 1.165) is 5.56 Å². The Hall–Kier alpha value is -3.55. The Morgan fingerprint density at radius 1 is 0.941 bits per heavy atom. The Bertz CT molecular complexity index is 1100. The molecule has 1 saturated heterocycles. The van der Waals surface area contributed by atoms with Gasteiger partial charge in [0.25, 0.3) is 11.8 Å². The van der Waals surface area contributed by atoms with Crippen LogP contribution in [-0.4, -0.2) is 67.9 Å². The van der Waals surface area contributed by atoms with Crippen LogP contribution in [0, 0.1) is 5.41 Å². The molecule has 0 bridgehead atoms. The summed E-state index contributed by atoms with van der Waals surface area (Å²) in [6, 6.07) is 12.7. The van der Waals surface area contributed by atoms with Crippen molar-refractivity contribution in [2.24, 2.45) is 10.5 Å². The highest BCUT2D eigenvalue weighted by molar-refractivity contribution is 6.19. The third kappa shape index (κ3) is 4.20. The van der Waals surface area contributed by atoms with Crippen LogP contribution in [0.3, 0.4) is 0 Å². The van der Waals surface area contributed by atoms with Crippen molar-refractivity contribution in [3.63, 3.8) is 0 Å². The number of piperidine rings is 1. The van der Waals surface area contributed by atoms with E-state index in [4.69, 9.17) is 19.3 Å². The molecule has 2 aliphatic rings. The van der Waals surface area contributed by atoms with Gasteiger partial charge in [-0.3, -0.25) is 9.59 Å². The summed E-state index contributed by atoms with van der Waals surface area (Å²) in [6.45, 7) is 4.93. The lowest BCUT2D eigenvalue weighted by atomic mass is 9.83. The number of carbonyl (C=O) groups excluding carboxylic acids is 2. The third-order valence-corrected chi connectivity index (χ3v) is 6.63. The minimum Gasteiger partial charge on any atom is -0.497 e. The molecule has 0 aromatic heterocycles. The molecule has 0 radical (unpaired) electrons. The summed E-state index contributed by atoms with van der Waals surface area (Å²) in [6.07, 6.45) is 1.35. The van der Waals surface area contributed by atoms with Crippen LogP contribution in [0.4, 0.5) is 0 Å². The zero-order valence-electron chi connectivity index (χ0n) is 20.3.